The molecule has 0 spiro atoms. The van der Waals surface area contributed by atoms with Crippen molar-refractivity contribution in [2.24, 2.45) is 0 Å². The van der Waals surface area contributed by atoms with Gasteiger partial charge < -0.3 is 0 Å². The number of halogens is 1. The van der Waals surface area contributed by atoms with Gasteiger partial charge in [-0.15, -0.1) is 0 Å². The molecule has 2 saturated carbocycles. The van der Waals surface area contributed by atoms with Crippen LogP contribution in [0.5, 0.6) is 0 Å². The van der Waals surface area contributed by atoms with Gasteiger partial charge in [0, 0.05) is 12.1 Å². The van der Waals surface area contributed by atoms with Crippen LogP contribution in [-0.2, 0) is 10.0 Å². The molecule has 0 heterocycles. The topological polar surface area (TPSA) is 37.4 Å². The summed E-state index contributed by atoms with van der Waals surface area (Å²) in [6, 6.07) is 0.536. The lowest BCUT2D eigenvalue weighted by Gasteiger charge is -2.40. The van der Waals surface area contributed by atoms with Crippen LogP contribution in [-0.4, -0.2) is 29.5 Å². The summed E-state index contributed by atoms with van der Waals surface area (Å²) >= 11 is 3.18. The first-order valence-corrected chi connectivity index (χ1v) is 9.95. The molecule has 2 fully saturated rings. The highest BCUT2D eigenvalue weighted by molar-refractivity contribution is 9.10. The first-order chi connectivity index (χ1) is 8.65. The van der Waals surface area contributed by atoms with Crippen LogP contribution in [0.4, 0.5) is 0 Å². The molecule has 2 rings (SSSR count). The highest BCUT2D eigenvalue weighted by Gasteiger charge is 2.36. The highest BCUT2D eigenvalue weighted by Crippen LogP contribution is 2.32. The Morgan fingerprint density at radius 3 is 1.56 bits per heavy atom. The van der Waals surface area contributed by atoms with Gasteiger partial charge in [0.25, 0.3) is 0 Å². The van der Waals surface area contributed by atoms with Crippen LogP contribution in [0.3, 0.4) is 0 Å². The Kier molecular flexibility index (Phi) is 5.51. The molecule has 2 aliphatic carbocycles. The maximum atomic E-state index is 12.4. The average Bonchev–Trinajstić information content (AvgIpc) is 2.41. The fourth-order valence-corrected chi connectivity index (χ4v) is 5.63. The van der Waals surface area contributed by atoms with Gasteiger partial charge in [-0.1, -0.05) is 54.5 Å². The Morgan fingerprint density at radius 2 is 1.22 bits per heavy atom. The van der Waals surface area contributed by atoms with Crippen LogP contribution < -0.4 is 0 Å². The Bertz CT molecular complexity index is 328. The van der Waals surface area contributed by atoms with Crippen LogP contribution in [0, 0.1) is 0 Å². The molecule has 0 unspecified atom stereocenters. The zero-order valence-corrected chi connectivity index (χ0v) is 13.4. The van der Waals surface area contributed by atoms with E-state index in [4.69, 9.17) is 0 Å². The summed E-state index contributed by atoms with van der Waals surface area (Å²) in [5.41, 5.74) is 0. The second-order valence-electron chi connectivity index (χ2n) is 5.63. The predicted molar refractivity (Wildman–Crippen MR) is 78.3 cm³/mol. The van der Waals surface area contributed by atoms with E-state index in [1.165, 1.54) is 38.5 Å². The van der Waals surface area contributed by atoms with Crippen molar-refractivity contribution in [3.05, 3.63) is 0 Å². The molecule has 2 aliphatic rings. The SMILES string of the molecule is O=S(=O)(CBr)N(C1CCCCC1)C1CCCCC1. The van der Waals surface area contributed by atoms with E-state index < -0.39 is 10.0 Å². The predicted octanol–water partition coefficient (Wildman–Crippen LogP) is 3.64. The summed E-state index contributed by atoms with van der Waals surface area (Å²) in [4.78, 5) is 0. The van der Waals surface area contributed by atoms with E-state index >= 15 is 0 Å². The van der Waals surface area contributed by atoms with Gasteiger partial charge in [-0.25, -0.2) is 8.42 Å². The average molecular weight is 338 g/mol. The van der Waals surface area contributed by atoms with E-state index in [0.717, 1.165) is 25.7 Å². The van der Waals surface area contributed by atoms with Crippen LogP contribution in [0.25, 0.3) is 0 Å². The lowest BCUT2D eigenvalue weighted by molar-refractivity contribution is 0.170. The van der Waals surface area contributed by atoms with Gasteiger partial charge in [-0.2, -0.15) is 4.31 Å². The minimum absolute atomic E-state index is 0.0764. The fraction of sp³-hybridized carbons (Fsp3) is 1.00. The van der Waals surface area contributed by atoms with Crippen LogP contribution in [0.1, 0.15) is 64.2 Å². The van der Waals surface area contributed by atoms with Gasteiger partial charge in [-0.3, -0.25) is 0 Å². The number of hydrogen-bond donors (Lipinski definition) is 0. The molecule has 0 aromatic heterocycles. The smallest absolute Gasteiger partial charge is 0.211 e. The largest absolute Gasteiger partial charge is 0.224 e. The molecule has 0 bridgehead atoms. The van der Waals surface area contributed by atoms with Crippen molar-refractivity contribution in [1.82, 2.24) is 4.31 Å². The summed E-state index contributed by atoms with van der Waals surface area (Å²) < 4.78 is 26.7. The van der Waals surface area contributed by atoms with Crippen molar-refractivity contribution in [2.75, 3.05) is 4.66 Å². The molecule has 3 nitrogen and oxygen atoms in total. The van der Waals surface area contributed by atoms with Gasteiger partial charge in [-0.05, 0) is 25.7 Å². The Morgan fingerprint density at radius 1 is 0.833 bits per heavy atom. The fourth-order valence-electron chi connectivity index (χ4n) is 3.48. The monoisotopic (exact) mass is 337 g/mol. The standard InChI is InChI=1S/C13H24BrNO2S/c14-11-18(16,17)15(12-7-3-1-4-8-12)13-9-5-2-6-10-13/h12-13H,1-11H2. The van der Waals surface area contributed by atoms with Crippen LogP contribution in [0.2, 0.25) is 0 Å². The second kappa shape index (κ2) is 6.71. The molecule has 0 aliphatic heterocycles. The third kappa shape index (κ3) is 3.48. The normalized spacial score (nSPS) is 24.6. The zero-order chi connectivity index (χ0) is 13.0. The minimum atomic E-state index is -3.11. The van der Waals surface area contributed by atoms with Crippen molar-refractivity contribution in [1.29, 1.82) is 0 Å². The summed E-state index contributed by atoms with van der Waals surface area (Å²) in [5.74, 6) is 0. The molecular formula is C13H24BrNO2S. The quantitative estimate of drug-likeness (QED) is 0.734. The Hall–Kier alpha value is 0.390. The Balaban J connectivity index is 2.15. The first kappa shape index (κ1) is 14.8. The second-order valence-corrected chi connectivity index (χ2v) is 8.81. The van der Waals surface area contributed by atoms with E-state index in [1.807, 2.05) is 4.31 Å². The molecular weight excluding hydrogens is 314 g/mol. The molecule has 0 atom stereocenters. The molecule has 106 valence electrons. The summed E-state index contributed by atoms with van der Waals surface area (Å²) in [6.45, 7) is 0. The van der Waals surface area contributed by atoms with Gasteiger partial charge in [0.2, 0.25) is 10.0 Å². The highest BCUT2D eigenvalue weighted by atomic mass is 79.9. The van der Waals surface area contributed by atoms with Crippen molar-refractivity contribution < 1.29 is 8.42 Å². The van der Waals surface area contributed by atoms with E-state index in [9.17, 15) is 8.42 Å². The zero-order valence-electron chi connectivity index (χ0n) is 11.0. The van der Waals surface area contributed by atoms with Crippen molar-refractivity contribution in [3.8, 4) is 0 Å². The van der Waals surface area contributed by atoms with E-state index in [-0.39, 0.29) is 16.7 Å². The summed E-state index contributed by atoms with van der Waals surface area (Å²) in [6.07, 6.45) is 11.5. The van der Waals surface area contributed by atoms with Crippen LogP contribution >= 0.6 is 15.9 Å². The van der Waals surface area contributed by atoms with Gasteiger partial charge in [0.15, 0.2) is 0 Å². The minimum Gasteiger partial charge on any atom is -0.211 e. The number of nitrogens with zero attached hydrogens (tertiary/aromatic N) is 1. The van der Waals surface area contributed by atoms with E-state index in [2.05, 4.69) is 15.9 Å². The van der Waals surface area contributed by atoms with E-state index in [0.29, 0.717) is 0 Å². The van der Waals surface area contributed by atoms with Gasteiger partial charge in [0.1, 0.15) is 4.66 Å². The summed E-state index contributed by atoms with van der Waals surface area (Å²) in [5, 5.41) is 0. The number of sulfonamides is 1. The molecule has 18 heavy (non-hydrogen) atoms. The van der Waals surface area contributed by atoms with E-state index in [1.54, 1.807) is 0 Å². The number of alkyl halides is 1. The molecule has 0 amide bonds. The van der Waals surface area contributed by atoms with Crippen molar-refractivity contribution in [3.63, 3.8) is 0 Å². The number of rotatable bonds is 4. The van der Waals surface area contributed by atoms with Gasteiger partial charge in [0.05, 0.1) is 0 Å². The molecule has 5 heteroatoms. The van der Waals surface area contributed by atoms with Gasteiger partial charge >= 0.3 is 0 Å². The third-order valence-electron chi connectivity index (χ3n) is 4.33. The van der Waals surface area contributed by atoms with Crippen LogP contribution in [0.15, 0.2) is 0 Å². The van der Waals surface area contributed by atoms with Crippen molar-refractivity contribution in [2.45, 2.75) is 76.3 Å². The number of hydrogen-bond acceptors (Lipinski definition) is 2. The molecule has 0 aromatic rings. The van der Waals surface area contributed by atoms with Crippen molar-refractivity contribution >= 4 is 26.0 Å². The molecule has 0 saturated heterocycles. The molecule has 0 N–H and O–H groups in total. The molecule has 0 radical (unpaired) electrons. The first-order valence-electron chi connectivity index (χ1n) is 7.22. The lowest BCUT2D eigenvalue weighted by atomic mass is 9.91. The Labute approximate surface area is 119 Å². The lowest BCUT2D eigenvalue weighted by Crippen LogP contribution is -2.48. The maximum absolute atomic E-state index is 12.4. The molecule has 0 aromatic carbocycles. The third-order valence-corrected chi connectivity index (χ3v) is 7.58. The summed E-state index contributed by atoms with van der Waals surface area (Å²) in [7, 11) is -3.11. The maximum Gasteiger partial charge on any atom is 0.224 e.